The number of hydrogen-bond acceptors (Lipinski definition) is 6. The van der Waals surface area contributed by atoms with Crippen LogP contribution in [0.3, 0.4) is 0 Å². The predicted molar refractivity (Wildman–Crippen MR) is 130 cm³/mol. The third-order valence-corrected chi connectivity index (χ3v) is 5.17. The molecule has 0 radical (unpaired) electrons. The van der Waals surface area contributed by atoms with Gasteiger partial charge < -0.3 is 38.3 Å². The molecule has 3 amide bonds. The molecule has 0 aromatic carbocycles. The fraction of sp³-hybridized carbons (Fsp3) is 0.773. The summed E-state index contributed by atoms with van der Waals surface area (Å²) in [4.78, 5) is 53.7. The molecule has 196 valence electrons. The quantitative estimate of drug-likeness (QED) is 0.0888. The number of rotatable bonds is 15. The van der Waals surface area contributed by atoms with E-state index < -0.39 is 47.9 Å². The lowest BCUT2D eigenvalue weighted by atomic mass is 9.98. The molecule has 12 heteroatoms. The van der Waals surface area contributed by atoms with Crippen LogP contribution in [0.4, 0.5) is 0 Å². The lowest BCUT2D eigenvalue weighted by Crippen LogP contribution is -2.59. The second kappa shape index (κ2) is 15.1. The van der Waals surface area contributed by atoms with Gasteiger partial charge >= 0.3 is 5.97 Å². The molecule has 0 aromatic heterocycles. The molecule has 0 saturated heterocycles. The number of aliphatic imine (C=N–C) groups is 1. The van der Waals surface area contributed by atoms with Gasteiger partial charge in [-0.05, 0) is 37.0 Å². The van der Waals surface area contributed by atoms with Crippen LogP contribution in [0.1, 0.15) is 60.8 Å². The molecule has 12 nitrogen and oxygen atoms in total. The normalized spacial score (nSPS) is 14.8. The highest BCUT2D eigenvalue weighted by molar-refractivity contribution is 5.94. The van der Waals surface area contributed by atoms with Crippen molar-refractivity contribution in [1.29, 1.82) is 0 Å². The summed E-state index contributed by atoms with van der Waals surface area (Å²) in [6.07, 6.45) is 0.791. The van der Waals surface area contributed by atoms with E-state index in [-0.39, 0.29) is 36.7 Å². The van der Waals surface area contributed by atoms with Gasteiger partial charge in [-0.2, -0.15) is 0 Å². The molecular weight excluding hydrogens is 442 g/mol. The minimum Gasteiger partial charge on any atom is -0.480 e. The van der Waals surface area contributed by atoms with Crippen molar-refractivity contribution >= 4 is 29.7 Å². The Kier molecular flexibility index (Phi) is 13.8. The molecule has 4 unspecified atom stereocenters. The Balaban J connectivity index is 5.37. The average molecular weight is 486 g/mol. The zero-order valence-electron chi connectivity index (χ0n) is 21.1. The number of guanidine groups is 1. The summed E-state index contributed by atoms with van der Waals surface area (Å²) in [5.74, 6) is -3.30. The highest BCUT2D eigenvalue weighted by Gasteiger charge is 2.32. The number of amides is 3. The summed E-state index contributed by atoms with van der Waals surface area (Å²) in [7, 11) is 0. The summed E-state index contributed by atoms with van der Waals surface area (Å²) in [6.45, 7) is 11.1. The van der Waals surface area contributed by atoms with Crippen LogP contribution in [0.5, 0.6) is 0 Å². The Labute approximate surface area is 201 Å². The molecule has 0 saturated carbocycles. The van der Waals surface area contributed by atoms with E-state index in [4.69, 9.17) is 17.2 Å². The number of nitrogens with two attached hydrogens (primary N) is 3. The molecule has 0 aromatic rings. The van der Waals surface area contributed by atoms with E-state index in [1.807, 2.05) is 13.8 Å². The van der Waals surface area contributed by atoms with Crippen LogP contribution in [0.15, 0.2) is 4.99 Å². The van der Waals surface area contributed by atoms with Crippen molar-refractivity contribution in [3.8, 4) is 0 Å². The maximum absolute atomic E-state index is 13.0. The number of nitrogens with zero attached hydrogens (tertiary/aromatic N) is 1. The lowest BCUT2D eigenvalue weighted by molar-refractivity contribution is -0.142. The first-order chi connectivity index (χ1) is 15.7. The fourth-order valence-corrected chi connectivity index (χ4v) is 3.08. The SMILES string of the molecule is CC(C)CC(NC(=O)C(N)C(C)C)C(=O)NC(C(=O)NC(CCCN=C(N)N)C(=O)O)C(C)C. The van der Waals surface area contributed by atoms with Gasteiger partial charge in [-0.25, -0.2) is 4.79 Å². The second-order valence-electron chi connectivity index (χ2n) is 9.54. The largest absolute Gasteiger partial charge is 0.480 e. The first-order valence-corrected chi connectivity index (χ1v) is 11.6. The van der Waals surface area contributed by atoms with Gasteiger partial charge in [0.2, 0.25) is 17.7 Å². The maximum atomic E-state index is 13.0. The average Bonchev–Trinajstić information content (AvgIpc) is 2.71. The lowest BCUT2D eigenvalue weighted by Gasteiger charge is -2.28. The Morgan fingerprint density at radius 3 is 1.82 bits per heavy atom. The molecule has 34 heavy (non-hydrogen) atoms. The number of hydrogen-bond donors (Lipinski definition) is 7. The van der Waals surface area contributed by atoms with E-state index >= 15 is 0 Å². The van der Waals surface area contributed by atoms with Crippen molar-refractivity contribution in [3.05, 3.63) is 0 Å². The van der Waals surface area contributed by atoms with Crippen LogP contribution in [-0.4, -0.2) is 65.5 Å². The summed E-state index contributed by atoms with van der Waals surface area (Å²) in [5, 5.41) is 17.3. The number of carbonyl (C=O) groups is 4. The molecule has 0 aliphatic rings. The summed E-state index contributed by atoms with van der Waals surface area (Å²) < 4.78 is 0. The molecule has 4 atom stereocenters. The zero-order valence-corrected chi connectivity index (χ0v) is 21.1. The Hall–Kier alpha value is -2.89. The monoisotopic (exact) mass is 485 g/mol. The van der Waals surface area contributed by atoms with Gasteiger partial charge in [-0.15, -0.1) is 0 Å². The molecule has 0 spiro atoms. The van der Waals surface area contributed by atoms with Crippen molar-refractivity contribution in [1.82, 2.24) is 16.0 Å². The third kappa shape index (κ3) is 11.8. The fourth-order valence-electron chi connectivity index (χ4n) is 3.08. The molecule has 0 rings (SSSR count). The zero-order chi connectivity index (χ0) is 26.6. The number of aliphatic carboxylic acids is 1. The van der Waals surface area contributed by atoms with Crippen molar-refractivity contribution < 1.29 is 24.3 Å². The minimum absolute atomic E-state index is 0.0826. The third-order valence-electron chi connectivity index (χ3n) is 5.17. The van der Waals surface area contributed by atoms with Gasteiger partial charge in [-0.3, -0.25) is 19.4 Å². The van der Waals surface area contributed by atoms with Crippen LogP contribution in [0.2, 0.25) is 0 Å². The second-order valence-corrected chi connectivity index (χ2v) is 9.54. The summed E-state index contributed by atoms with van der Waals surface area (Å²) in [5.41, 5.74) is 16.4. The van der Waals surface area contributed by atoms with E-state index in [1.165, 1.54) is 0 Å². The predicted octanol–water partition coefficient (Wildman–Crippen LogP) is -0.736. The number of carboxylic acids is 1. The topological polar surface area (TPSA) is 215 Å². The standard InChI is InChI=1S/C22H43N7O5/c1-11(2)10-15(28-19(31)16(23)12(3)4)18(30)29-17(13(5)6)20(32)27-14(21(33)34)8-7-9-26-22(24)25/h11-17H,7-10,23H2,1-6H3,(H,27,32)(H,28,31)(H,29,30)(H,33,34)(H4,24,25,26). The number of carbonyl (C=O) groups excluding carboxylic acids is 3. The van der Waals surface area contributed by atoms with Crippen LogP contribution < -0.4 is 33.2 Å². The van der Waals surface area contributed by atoms with Gasteiger partial charge in [0.25, 0.3) is 0 Å². The summed E-state index contributed by atoms with van der Waals surface area (Å²) >= 11 is 0. The molecule has 0 fully saturated rings. The van der Waals surface area contributed by atoms with Crippen LogP contribution >= 0.6 is 0 Å². The van der Waals surface area contributed by atoms with Gasteiger partial charge in [-0.1, -0.05) is 41.5 Å². The van der Waals surface area contributed by atoms with Crippen LogP contribution in [0, 0.1) is 17.8 Å². The van der Waals surface area contributed by atoms with Gasteiger partial charge in [0.1, 0.15) is 18.1 Å². The first kappa shape index (κ1) is 31.1. The molecule has 0 aliphatic carbocycles. The number of nitrogens with one attached hydrogen (secondary N) is 3. The Bertz CT molecular complexity index is 720. The smallest absolute Gasteiger partial charge is 0.326 e. The van der Waals surface area contributed by atoms with Crippen molar-refractivity contribution in [3.63, 3.8) is 0 Å². The summed E-state index contributed by atoms with van der Waals surface area (Å²) in [6, 6.07) is -3.84. The molecule has 0 heterocycles. The molecule has 10 N–H and O–H groups in total. The van der Waals surface area contributed by atoms with Gasteiger partial charge in [0.05, 0.1) is 6.04 Å². The Morgan fingerprint density at radius 2 is 1.38 bits per heavy atom. The molecule has 0 aliphatic heterocycles. The van der Waals surface area contributed by atoms with E-state index in [0.29, 0.717) is 12.8 Å². The minimum atomic E-state index is -1.21. The molecule has 0 bridgehead atoms. The number of carboxylic acid groups (broad SMARTS) is 1. The van der Waals surface area contributed by atoms with Crippen LogP contribution in [0.25, 0.3) is 0 Å². The van der Waals surface area contributed by atoms with Crippen LogP contribution in [-0.2, 0) is 19.2 Å². The highest BCUT2D eigenvalue weighted by atomic mass is 16.4. The van der Waals surface area contributed by atoms with Crippen molar-refractivity contribution in [2.75, 3.05) is 6.54 Å². The molecular formula is C22H43N7O5. The van der Waals surface area contributed by atoms with Crippen molar-refractivity contribution in [2.24, 2.45) is 39.9 Å². The van der Waals surface area contributed by atoms with E-state index in [1.54, 1.807) is 27.7 Å². The van der Waals surface area contributed by atoms with Crippen molar-refractivity contribution in [2.45, 2.75) is 85.0 Å². The van der Waals surface area contributed by atoms with E-state index in [0.717, 1.165) is 0 Å². The Morgan fingerprint density at radius 1 is 0.824 bits per heavy atom. The van der Waals surface area contributed by atoms with E-state index in [9.17, 15) is 24.3 Å². The first-order valence-electron chi connectivity index (χ1n) is 11.6. The van der Waals surface area contributed by atoms with Gasteiger partial charge in [0, 0.05) is 6.54 Å². The van der Waals surface area contributed by atoms with Gasteiger partial charge in [0.15, 0.2) is 5.96 Å². The highest BCUT2D eigenvalue weighted by Crippen LogP contribution is 2.10. The maximum Gasteiger partial charge on any atom is 0.326 e. The van der Waals surface area contributed by atoms with E-state index in [2.05, 4.69) is 20.9 Å².